The van der Waals surface area contributed by atoms with E-state index in [1.165, 1.54) is 26.2 Å². The van der Waals surface area contributed by atoms with E-state index in [4.69, 9.17) is 4.74 Å². The molecule has 1 atom stereocenters. The lowest BCUT2D eigenvalue weighted by Gasteiger charge is -2.39. The smallest absolute Gasteiger partial charge is 0.416 e. The molecule has 1 fully saturated rings. The molecule has 0 bridgehead atoms. The fourth-order valence-corrected chi connectivity index (χ4v) is 3.77. The summed E-state index contributed by atoms with van der Waals surface area (Å²) in [6.45, 7) is 3.27. The van der Waals surface area contributed by atoms with Crippen molar-refractivity contribution >= 4 is 23.2 Å². The lowest BCUT2D eigenvalue weighted by molar-refractivity contribution is -0.137. The van der Waals surface area contributed by atoms with Gasteiger partial charge in [-0.3, -0.25) is 19.4 Å². The zero-order valence-corrected chi connectivity index (χ0v) is 18.7. The summed E-state index contributed by atoms with van der Waals surface area (Å²) in [5.41, 5.74) is 0.950. The summed E-state index contributed by atoms with van der Waals surface area (Å²) in [7, 11) is 3.42. The number of benzene rings is 2. The topological polar surface area (TPSA) is 73.9 Å². The lowest BCUT2D eigenvalue weighted by Crippen LogP contribution is -2.48. The van der Waals surface area contributed by atoms with Crippen LogP contribution in [0.1, 0.15) is 24.1 Å². The number of rotatable bonds is 6. The van der Waals surface area contributed by atoms with Crippen molar-refractivity contribution in [3.05, 3.63) is 53.6 Å². The molecule has 1 saturated heterocycles. The predicted molar refractivity (Wildman–Crippen MR) is 119 cm³/mol. The molecule has 2 aromatic carbocycles. The Hall–Kier alpha value is -3.11. The molecule has 0 saturated carbocycles. The third-order valence-electron chi connectivity index (χ3n) is 5.53. The van der Waals surface area contributed by atoms with E-state index in [2.05, 4.69) is 15.5 Å². The van der Waals surface area contributed by atoms with E-state index in [0.717, 1.165) is 17.7 Å². The number of hydrogen-bond donors (Lipinski definition) is 2. The van der Waals surface area contributed by atoms with Crippen LogP contribution in [0.25, 0.3) is 0 Å². The summed E-state index contributed by atoms with van der Waals surface area (Å²) in [6, 6.07) is 9.95. The number of likely N-dealkylation sites (N-methyl/N-ethyl adjacent to an activating group) is 1. The number of halogens is 3. The Morgan fingerprint density at radius 3 is 2.36 bits per heavy atom. The van der Waals surface area contributed by atoms with Gasteiger partial charge in [0.1, 0.15) is 5.75 Å². The molecule has 0 aromatic heterocycles. The maximum Gasteiger partial charge on any atom is 0.416 e. The fraction of sp³-hybridized carbons (Fsp3) is 0.391. The normalized spacial score (nSPS) is 17.5. The molecule has 0 spiro atoms. The van der Waals surface area contributed by atoms with Crippen LogP contribution < -0.4 is 15.4 Å². The Kier molecular flexibility index (Phi) is 7.60. The predicted octanol–water partition coefficient (Wildman–Crippen LogP) is 3.60. The van der Waals surface area contributed by atoms with Crippen LogP contribution in [0.3, 0.4) is 0 Å². The van der Waals surface area contributed by atoms with Gasteiger partial charge in [0.05, 0.1) is 30.6 Å². The second kappa shape index (κ2) is 10.2. The van der Waals surface area contributed by atoms with Crippen LogP contribution in [0.2, 0.25) is 0 Å². The van der Waals surface area contributed by atoms with Crippen LogP contribution in [-0.2, 0) is 15.8 Å². The molecule has 1 heterocycles. The molecule has 2 aromatic rings. The number of nitrogens with zero attached hydrogens (tertiary/aromatic N) is 2. The van der Waals surface area contributed by atoms with E-state index < -0.39 is 11.7 Å². The largest absolute Gasteiger partial charge is 0.497 e. The maximum absolute atomic E-state index is 12.9. The van der Waals surface area contributed by atoms with Gasteiger partial charge in [0.25, 0.3) is 0 Å². The van der Waals surface area contributed by atoms with Gasteiger partial charge < -0.3 is 15.4 Å². The fourth-order valence-electron chi connectivity index (χ4n) is 3.77. The number of alkyl halides is 3. The van der Waals surface area contributed by atoms with E-state index in [-0.39, 0.29) is 24.4 Å². The number of methoxy groups -OCH3 is 1. The highest BCUT2D eigenvalue weighted by molar-refractivity contribution is 5.99. The molecule has 0 aliphatic carbocycles. The van der Waals surface area contributed by atoms with Crippen molar-refractivity contribution in [2.45, 2.75) is 19.1 Å². The average molecular weight is 464 g/mol. The Labute approximate surface area is 190 Å². The number of nitrogens with one attached hydrogen (secondary N) is 2. The number of ether oxygens (including phenoxy) is 1. The first kappa shape index (κ1) is 24.5. The van der Waals surface area contributed by atoms with Crippen molar-refractivity contribution < 1.29 is 27.5 Å². The number of anilines is 2. The van der Waals surface area contributed by atoms with Crippen molar-refractivity contribution in [2.24, 2.45) is 0 Å². The van der Waals surface area contributed by atoms with Gasteiger partial charge in [0, 0.05) is 38.7 Å². The molecule has 1 aliphatic rings. The summed E-state index contributed by atoms with van der Waals surface area (Å²) in [4.78, 5) is 28.2. The van der Waals surface area contributed by atoms with E-state index in [0.29, 0.717) is 36.8 Å². The van der Waals surface area contributed by atoms with E-state index in [1.54, 1.807) is 18.2 Å². The molecule has 33 heavy (non-hydrogen) atoms. The van der Waals surface area contributed by atoms with Gasteiger partial charge >= 0.3 is 6.18 Å². The van der Waals surface area contributed by atoms with Crippen molar-refractivity contribution in [3.63, 3.8) is 0 Å². The summed E-state index contributed by atoms with van der Waals surface area (Å²) in [6.07, 6.45) is -4.38. The minimum absolute atomic E-state index is 0.0989. The Balaban J connectivity index is 1.68. The highest BCUT2D eigenvalue weighted by atomic mass is 19.4. The molecule has 0 radical (unpaired) electrons. The van der Waals surface area contributed by atoms with E-state index in [1.807, 2.05) is 11.9 Å². The number of amides is 2. The van der Waals surface area contributed by atoms with Crippen molar-refractivity contribution in [1.29, 1.82) is 0 Å². The van der Waals surface area contributed by atoms with Crippen LogP contribution in [-0.4, -0.2) is 62.0 Å². The van der Waals surface area contributed by atoms with Gasteiger partial charge in [0.2, 0.25) is 11.8 Å². The van der Waals surface area contributed by atoms with Crippen LogP contribution >= 0.6 is 0 Å². The van der Waals surface area contributed by atoms with Crippen LogP contribution in [0.4, 0.5) is 24.5 Å². The van der Waals surface area contributed by atoms with Crippen LogP contribution in [0.15, 0.2) is 42.5 Å². The van der Waals surface area contributed by atoms with Gasteiger partial charge in [-0.2, -0.15) is 13.2 Å². The van der Waals surface area contributed by atoms with Gasteiger partial charge in [-0.05, 0) is 36.9 Å². The SMILES string of the molecule is COc1ccc(NC(C)=O)c(NC(=O)CN2CCN(C)C(c3ccc(C(F)(F)F)cc3)C2)c1. The van der Waals surface area contributed by atoms with Gasteiger partial charge in [-0.15, -0.1) is 0 Å². The third kappa shape index (κ3) is 6.45. The molecule has 1 aliphatic heterocycles. The quantitative estimate of drug-likeness (QED) is 0.684. The van der Waals surface area contributed by atoms with Gasteiger partial charge in [0.15, 0.2) is 0 Å². The molecular weight excluding hydrogens is 437 g/mol. The van der Waals surface area contributed by atoms with Crippen molar-refractivity contribution in [1.82, 2.24) is 9.80 Å². The second-order valence-corrected chi connectivity index (χ2v) is 7.99. The monoisotopic (exact) mass is 464 g/mol. The molecule has 178 valence electrons. The summed E-state index contributed by atoms with van der Waals surface area (Å²) < 4.78 is 43.8. The summed E-state index contributed by atoms with van der Waals surface area (Å²) in [5.74, 6) is -0.0129. The standard InChI is InChI=1S/C23H27F3N4O3/c1-15(31)27-19-9-8-18(33-3)12-20(19)28-22(32)14-30-11-10-29(2)21(13-30)16-4-6-17(7-5-16)23(24,25)26/h4-9,12,21H,10-11,13-14H2,1-3H3,(H,27,31)(H,28,32). The molecule has 7 nitrogen and oxygen atoms in total. The second-order valence-electron chi connectivity index (χ2n) is 7.99. The van der Waals surface area contributed by atoms with Gasteiger partial charge in [-0.25, -0.2) is 0 Å². The Bertz CT molecular complexity index is 995. The zero-order chi connectivity index (χ0) is 24.2. The third-order valence-corrected chi connectivity index (χ3v) is 5.53. The Morgan fingerprint density at radius 1 is 1.06 bits per heavy atom. The number of carbonyl (C=O) groups excluding carboxylic acids is 2. The van der Waals surface area contributed by atoms with Gasteiger partial charge in [-0.1, -0.05) is 12.1 Å². The highest BCUT2D eigenvalue weighted by Crippen LogP contribution is 2.32. The summed E-state index contributed by atoms with van der Waals surface area (Å²) in [5, 5.41) is 5.49. The van der Waals surface area contributed by atoms with E-state index in [9.17, 15) is 22.8 Å². The number of piperazine rings is 1. The molecule has 10 heteroatoms. The van der Waals surface area contributed by atoms with Crippen molar-refractivity contribution in [2.75, 3.05) is 51.0 Å². The first-order chi connectivity index (χ1) is 15.6. The first-order valence-electron chi connectivity index (χ1n) is 10.4. The molecule has 3 rings (SSSR count). The first-order valence-corrected chi connectivity index (χ1v) is 10.4. The zero-order valence-electron chi connectivity index (χ0n) is 18.7. The minimum Gasteiger partial charge on any atom is -0.497 e. The molecule has 2 amide bonds. The van der Waals surface area contributed by atoms with Crippen LogP contribution in [0, 0.1) is 0 Å². The molecule has 2 N–H and O–H groups in total. The highest BCUT2D eigenvalue weighted by Gasteiger charge is 2.31. The average Bonchev–Trinajstić information content (AvgIpc) is 2.75. The summed E-state index contributed by atoms with van der Waals surface area (Å²) >= 11 is 0. The molecular formula is C23H27F3N4O3. The molecule has 1 unspecified atom stereocenters. The minimum atomic E-state index is -4.38. The van der Waals surface area contributed by atoms with Crippen LogP contribution in [0.5, 0.6) is 5.75 Å². The number of hydrogen-bond acceptors (Lipinski definition) is 5. The number of carbonyl (C=O) groups is 2. The lowest BCUT2D eigenvalue weighted by atomic mass is 10.0. The van der Waals surface area contributed by atoms with E-state index >= 15 is 0 Å². The van der Waals surface area contributed by atoms with Crippen molar-refractivity contribution in [3.8, 4) is 5.75 Å². The maximum atomic E-state index is 12.9. The Morgan fingerprint density at radius 2 is 1.76 bits per heavy atom.